The number of hydrogen-bond acceptors (Lipinski definition) is 3. The molecular weight excluding hydrogens is 717 g/mol. The molecular formula is C55H34N4. The Morgan fingerprint density at radius 1 is 0.390 bits per heavy atom. The van der Waals surface area contributed by atoms with Gasteiger partial charge in [-0.2, -0.15) is 5.10 Å². The molecule has 4 nitrogen and oxygen atoms in total. The number of pyridine rings is 2. The van der Waals surface area contributed by atoms with E-state index in [1.807, 2.05) is 12.3 Å². The summed E-state index contributed by atoms with van der Waals surface area (Å²) in [6.07, 6.45) is 1.85. The minimum absolute atomic E-state index is 0.916. The molecule has 0 aliphatic rings. The molecule has 0 saturated carbocycles. The topological polar surface area (TPSA) is 43.6 Å². The van der Waals surface area contributed by atoms with Crippen LogP contribution in [0.15, 0.2) is 206 Å². The van der Waals surface area contributed by atoms with Crippen molar-refractivity contribution in [3.8, 4) is 50.5 Å². The predicted octanol–water partition coefficient (Wildman–Crippen LogP) is 14.2. The van der Waals surface area contributed by atoms with Gasteiger partial charge >= 0.3 is 0 Å². The SMILES string of the molecule is c1ccc(-c2cc3ccccc3c3c2c(-c2ccc(-c4c5ccccc5c(-c5ccc6ccc7cccnc7c6n5)c5ccccc45)cc2)nn3-c2ccccc2)cc1. The van der Waals surface area contributed by atoms with Crippen LogP contribution in [0.25, 0.3) is 115 Å². The van der Waals surface area contributed by atoms with E-state index in [1.165, 1.54) is 32.7 Å². The van der Waals surface area contributed by atoms with Gasteiger partial charge in [0.2, 0.25) is 0 Å². The van der Waals surface area contributed by atoms with Gasteiger partial charge in [-0.05, 0) is 79.5 Å². The van der Waals surface area contributed by atoms with Crippen LogP contribution in [0.4, 0.5) is 0 Å². The highest BCUT2D eigenvalue weighted by molar-refractivity contribution is 6.22. The quantitative estimate of drug-likeness (QED) is 0.130. The number of nitrogens with zero attached hydrogens (tertiary/aromatic N) is 4. The molecule has 4 heteroatoms. The highest BCUT2D eigenvalue weighted by atomic mass is 15.3. The molecule has 0 saturated heterocycles. The maximum atomic E-state index is 5.46. The number of para-hydroxylation sites is 1. The Balaban J connectivity index is 1.08. The molecule has 0 bridgehead atoms. The van der Waals surface area contributed by atoms with E-state index in [0.717, 1.165) is 82.8 Å². The first-order valence-corrected chi connectivity index (χ1v) is 20.0. The Hall–Kier alpha value is -7.95. The molecule has 0 amide bonds. The molecule has 3 aromatic heterocycles. The monoisotopic (exact) mass is 750 g/mol. The first-order chi connectivity index (χ1) is 29.3. The third-order valence-electron chi connectivity index (χ3n) is 11.8. The van der Waals surface area contributed by atoms with Gasteiger partial charge in [-0.1, -0.05) is 170 Å². The zero-order valence-electron chi connectivity index (χ0n) is 31.9. The third-order valence-corrected chi connectivity index (χ3v) is 11.8. The van der Waals surface area contributed by atoms with Crippen LogP contribution < -0.4 is 0 Å². The van der Waals surface area contributed by atoms with Crippen LogP contribution >= 0.6 is 0 Å². The standard InChI is InChI=1S/C55H34N4/c1-3-14-35(15-4-1)47-34-40-16-7-8-20-42(40)55-51(47)52(58-59(55)41-18-5-2-6-19-41)38-27-25-36(26-28-38)49-43-21-9-11-23-45(43)50(46-24-12-10-22-44(46)49)48-32-31-39-30-29-37-17-13-33-56-53(37)54(39)57-48/h1-34H. The van der Waals surface area contributed by atoms with E-state index in [4.69, 9.17) is 15.1 Å². The summed E-state index contributed by atoms with van der Waals surface area (Å²) in [5.41, 5.74) is 12.7. The maximum absolute atomic E-state index is 5.46. The van der Waals surface area contributed by atoms with Crippen molar-refractivity contribution in [1.29, 1.82) is 0 Å². The van der Waals surface area contributed by atoms with Crippen molar-refractivity contribution in [2.45, 2.75) is 0 Å². The molecule has 0 atom stereocenters. The van der Waals surface area contributed by atoms with Crippen molar-refractivity contribution < 1.29 is 0 Å². The van der Waals surface area contributed by atoms with E-state index in [2.05, 4.69) is 199 Å². The Morgan fingerprint density at radius 3 is 1.66 bits per heavy atom. The largest absolute Gasteiger partial charge is 0.254 e. The van der Waals surface area contributed by atoms with Gasteiger partial charge in [0.15, 0.2) is 0 Å². The predicted molar refractivity (Wildman–Crippen MR) is 246 cm³/mol. The van der Waals surface area contributed by atoms with Crippen LogP contribution in [0.2, 0.25) is 0 Å². The molecule has 0 spiro atoms. The molecule has 0 radical (unpaired) electrons. The first kappa shape index (κ1) is 33.2. The summed E-state index contributed by atoms with van der Waals surface area (Å²) in [4.78, 5) is 10.1. The van der Waals surface area contributed by atoms with Crippen LogP contribution in [0.5, 0.6) is 0 Å². The molecule has 0 N–H and O–H groups in total. The lowest BCUT2D eigenvalue weighted by molar-refractivity contribution is 0.918. The van der Waals surface area contributed by atoms with Gasteiger partial charge in [-0.3, -0.25) is 4.98 Å². The minimum Gasteiger partial charge on any atom is -0.254 e. The fourth-order valence-corrected chi connectivity index (χ4v) is 9.16. The second-order valence-electron chi connectivity index (χ2n) is 15.2. The Bertz CT molecular complexity index is 3530. The summed E-state index contributed by atoms with van der Waals surface area (Å²) >= 11 is 0. The van der Waals surface area contributed by atoms with Crippen LogP contribution in [0, 0.1) is 0 Å². The lowest BCUT2D eigenvalue weighted by Crippen LogP contribution is -1.96. The van der Waals surface area contributed by atoms with Crippen molar-refractivity contribution in [3.63, 3.8) is 0 Å². The zero-order chi connectivity index (χ0) is 38.9. The van der Waals surface area contributed by atoms with Crippen LogP contribution in [0.3, 0.4) is 0 Å². The summed E-state index contributed by atoms with van der Waals surface area (Å²) in [5, 5.41) is 15.8. The van der Waals surface area contributed by atoms with Crippen molar-refractivity contribution in [3.05, 3.63) is 206 Å². The minimum atomic E-state index is 0.916. The average molecular weight is 751 g/mol. The highest BCUT2D eigenvalue weighted by Crippen LogP contribution is 2.45. The molecule has 0 aliphatic heterocycles. The molecule has 12 aromatic rings. The van der Waals surface area contributed by atoms with E-state index in [0.29, 0.717) is 0 Å². The fourth-order valence-electron chi connectivity index (χ4n) is 9.16. The highest BCUT2D eigenvalue weighted by Gasteiger charge is 2.22. The Labute approximate surface area is 340 Å². The van der Waals surface area contributed by atoms with Crippen LogP contribution in [-0.2, 0) is 0 Å². The lowest BCUT2D eigenvalue weighted by Gasteiger charge is -2.18. The molecule has 0 aliphatic carbocycles. The third kappa shape index (κ3) is 5.27. The van der Waals surface area contributed by atoms with E-state index in [1.54, 1.807) is 0 Å². The number of hydrogen-bond donors (Lipinski definition) is 0. The first-order valence-electron chi connectivity index (χ1n) is 20.0. The second-order valence-corrected chi connectivity index (χ2v) is 15.2. The van der Waals surface area contributed by atoms with Gasteiger partial charge in [0.05, 0.1) is 27.9 Å². The second kappa shape index (κ2) is 13.3. The summed E-state index contributed by atoms with van der Waals surface area (Å²) in [6, 6.07) is 71.4. The van der Waals surface area contributed by atoms with E-state index < -0.39 is 0 Å². The average Bonchev–Trinajstić information content (AvgIpc) is 3.72. The van der Waals surface area contributed by atoms with Crippen LogP contribution in [-0.4, -0.2) is 19.7 Å². The summed E-state index contributed by atoms with van der Waals surface area (Å²) < 4.78 is 2.13. The summed E-state index contributed by atoms with van der Waals surface area (Å²) in [6.45, 7) is 0. The molecule has 274 valence electrons. The van der Waals surface area contributed by atoms with Crippen molar-refractivity contribution >= 4 is 65.0 Å². The normalized spacial score (nSPS) is 11.7. The van der Waals surface area contributed by atoms with E-state index >= 15 is 0 Å². The van der Waals surface area contributed by atoms with E-state index in [-0.39, 0.29) is 0 Å². The van der Waals surface area contributed by atoms with Gasteiger partial charge in [0.1, 0.15) is 5.69 Å². The van der Waals surface area contributed by atoms with Gasteiger partial charge < -0.3 is 0 Å². The summed E-state index contributed by atoms with van der Waals surface area (Å²) in [7, 11) is 0. The Morgan fingerprint density at radius 2 is 0.949 bits per heavy atom. The molecule has 9 aromatic carbocycles. The van der Waals surface area contributed by atoms with Crippen molar-refractivity contribution in [1.82, 2.24) is 19.7 Å². The molecule has 0 unspecified atom stereocenters. The van der Waals surface area contributed by atoms with Gasteiger partial charge in [-0.15, -0.1) is 0 Å². The van der Waals surface area contributed by atoms with Gasteiger partial charge in [-0.25, -0.2) is 9.67 Å². The van der Waals surface area contributed by atoms with Gasteiger partial charge in [0, 0.05) is 38.9 Å². The fraction of sp³-hybridized carbons (Fsp3) is 0. The summed E-state index contributed by atoms with van der Waals surface area (Å²) in [5.74, 6) is 0. The van der Waals surface area contributed by atoms with E-state index in [9.17, 15) is 0 Å². The molecule has 59 heavy (non-hydrogen) atoms. The number of aromatic nitrogens is 4. The number of benzene rings is 9. The van der Waals surface area contributed by atoms with Gasteiger partial charge in [0.25, 0.3) is 0 Å². The lowest BCUT2D eigenvalue weighted by atomic mass is 9.86. The van der Waals surface area contributed by atoms with Crippen molar-refractivity contribution in [2.75, 3.05) is 0 Å². The van der Waals surface area contributed by atoms with Crippen LogP contribution in [0.1, 0.15) is 0 Å². The molecule has 0 fully saturated rings. The number of fused-ring (bicyclic) bond motifs is 8. The zero-order valence-corrected chi connectivity index (χ0v) is 31.9. The molecule has 3 heterocycles. The van der Waals surface area contributed by atoms with Crippen molar-refractivity contribution in [2.24, 2.45) is 0 Å². The Kier molecular flexibility index (Phi) is 7.50. The molecule has 12 rings (SSSR count). The number of rotatable bonds is 5. The smallest absolute Gasteiger partial charge is 0.101 e. The maximum Gasteiger partial charge on any atom is 0.101 e.